The Morgan fingerprint density at radius 2 is 1.78 bits per heavy atom. The van der Waals surface area contributed by atoms with E-state index in [0.717, 1.165) is 0 Å². The standard InChI is InChI=1S/C16H10Cl2FN3O/c17-11-6-9(19)2-3-10(11)16-15(21-7-14(20)22-16)8-1-4-13(23)12(18)5-8/h1-7,23H,(H2,20,22). The number of benzene rings is 2. The Balaban J connectivity index is 2.24. The monoisotopic (exact) mass is 349 g/mol. The van der Waals surface area contributed by atoms with Crippen LogP contribution in [0, 0.1) is 5.82 Å². The molecule has 0 aliphatic heterocycles. The molecule has 2 aromatic carbocycles. The van der Waals surface area contributed by atoms with Crippen molar-refractivity contribution < 1.29 is 9.50 Å². The van der Waals surface area contributed by atoms with Crippen LogP contribution in [0.15, 0.2) is 42.6 Å². The fourth-order valence-electron chi connectivity index (χ4n) is 2.14. The summed E-state index contributed by atoms with van der Waals surface area (Å²) in [6.07, 6.45) is 1.40. The molecule has 0 amide bonds. The second-order valence-electron chi connectivity index (χ2n) is 4.78. The maximum atomic E-state index is 13.3. The first-order valence-electron chi connectivity index (χ1n) is 6.52. The highest BCUT2D eigenvalue weighted by Gasteiger charge is 2.16. The number of halogens is 3. The van der Waals surface area contributed by atoms with Crippen molar-refractivity contribution >= 4 is 29.0 Å². The number of aromatic hydroxyl groups is 1. The van der Waals surface area contributed by atoms with Crippen molar-refractivity contribution in [1.82, 2.24) is 9.97 Å². The van der Waals surface area contributed by atoms with E-state index in [-0.39, 0.29) is 21.6 Å². The molecule has 0 fully saturated rings. The van der Waals surface area contributed by atoms with Crippen molar-refractivity contribution in [1.29, 1.82) is 0 Å². The number of nitrogens with zero attached hydrogens (tertiary/aromatic N) is 2. The summed E-state index contributed by atoms with van der Waals surface area (Å²) >= 11 is 12.1. The molecule has 0 unspecified atom stereocenters. The number of rotatable bonds is 2. The van der Waals surface area contributed by atoms with E-state index in [1.54, 1.807) is 12.1 Å². The predicted molar refractivity (Wildman–Crippen MR) is 89.0 cm³/mol. The Hall–Kier alpha value is -2.37. The SMILES string of the molecule is Nc1cnc(-c2ccc(O)c(Cl)c2)c(-c2ccc(F)cc2Cl)n1. The highest BCUT2D eigenvalue weighted by atomic mass is 35.5. The fourth-order valence-corrected chi connectivity index (χ4v) is 2.57. The van der Waals surface area contributed by atoms with Gasteiger partial charge in [-0.1, -0.05) is 23.2 Å². The molecule has 0 bridgehead atoms. The highest BCUT2D eigenvalue weighted by Crippen LogP contribution is 2.36. The van der Waals surface area contributed by atoms with Gasteiger partial charge in [-0.2, -0.15) is 0 Å². The number of nitrogen functional groups attached to an aromatic ring is 1. The molecule has 1 heterocycles. The highest BCUT2D eigenvalue weighted by molar-refractivity contribution is 6.33. The molecule has 0 radical (unpaired) electrons. The van der Waals surface area contributed by atoms with Crippen LogP contribution in [-0.4, -0.2) is 15.1 Å². The van der Waals surface area contributed by atoms with E-state index in [1.807, 2.05) is 0 Å². The molecule has 0 spiro atoms. The summed E-state index contributed by atoms with van der Waals surface area (Å²) in [6, 6.07) is 8.62. The molecule has 0 aliphatic rings. The third-order valence-corrected chi connectivity index (χ3v) is 3.81. The molecule has 3 aromatic rings. The molecule has 4 nitrogen and oxygen atoms in total. The average Bonchev–Trinajstić information content (AvgIpc) is 2.50. The Morgan fingerprint density at radius 3 is 2.48 bits per heavy atom. The van der Waals surface area contributed by atoms with Crippen molar-refractivity contribution in [2.45, 2.75) is 0 Å². The van der Waals surface area contributed by atoms with Crippen LogP contribution in [0.25, 0.3) is 22.5 Å². The quantitative estimate of drug-likeness (QED) is 0.712. The first-order valence-corrected chi connectivity index (χ1v) is 7.28. The maximum absolute atomic E-state index is 13.3. The maximum Gasteiger partial charge on any atom is 0.142 e. The number of phenols is 1. The summed E-state index contributed by atoms with van der Waals surface area (Å²) in [4.78, 5) is 8.54. The minimum atomic E-state index is -0.454. The summed E-state index contributed by atoms with van der Waals surface area (Å²) in [5.74, 6) is -0.293. The first kappa shape index (κ1) is 15.5. The zero-order valence-corrected chi connectivity index (χ0v) is 13.1. The summed E-state index contributed by atoms with van der Waals surface area (Å²) < 4.78 is 13.3. The largest absolute Gasteiger partial charge is 0.506 e. The summed E-state index contributed by atoms with van der Waals surface area (Å²) in [5, 5.41) is 9.91. The van der Waals surface area contributed by atoms with E-state index in [0.29, 0.717) is 22.5 Å². The Labute approximate surface area is 141 Å². The molecule has 23 heavy (non-hydrogen) atoms. The lowest BCUT2D eigenvalue weighted by Gasteiger charge is -2.11. The number of anilines is 1. The minimum absolute atomic E-state index is 0.0415. The smallest absolute Gasteiger partial charge is 0.142 e. The molecule has 0 atom stereocenters. The van der Waals surface area contributed by atoms with Gasteiger partial charge in [-0.15, -0.1) is 0 Å². The van der Waals surface area contributed by atoms with E-state index in [4.69, 9.17) is 28.9 Å². The van der Waals surface area contributed by atoms with Crippen LogP contribution >= 0.6 is 23.2 Å². The van der Waals surface area contributed by atoms with E-state index in [1.165, 1.54) is 30.5 Å². The van der Waals surface area contributed by atoms with Crippen LogP contribution in [0.1, 0.15) is 0 Å². The zero-order valence-electron chi connectivity index (χ0n) is 11.6. The molecule has 0 aliphatic carbocycles. The van der Waals surface area contributed by atoms with Gasteiger partial charge in [0.15, 0.2) is 0 Å². The number of nitrogens with two attached hydrogens (primary N) is 1. The molecule has 3 N–H and O–H groups in total. The lowest BCUT2D eigenvalue weighted by molar-refractivity contribution is 0.475. The number of phenolic OH excluding ortho intramolecular Hbond substituents is 1. The Morgan fingerprint density at radius 1 is 1.00 bits per heavy atom. The number of hydrogen-bond donors (Lipinski definition) is 2. The van der Waals surface area contributed by atoms with Gasteiger partial charge in [0.25, 0.3) is 0 Å². The van der Waals surface area contributed by atoms with Gasteiger partial charge in [-0.3, -0.25) is 4.98 Å². The second-order valence-corrected chi connectivity index (χ2v) is 5.60. The van der Waals surface area contributed by atoms with Crippen molar-refractivity contribution in [3.05, 3.63) is 58.5 Å². The molecular formula is C16H10Cl2FN3O. The van der Waals surface area contributed by atoms with E-state index < -0.39 is 5.82 Å². The summed E-state index contributed by atoms with van der Waals surface area (Å²) in [5.41, 5.74) is 7.70. The Kier molecular flexibility index (Phi) is 4.07. The topological polar surface area (TPSA) is 72.0 Å². The van der Waals surface area contributed by atoms with Crippen molar-refractivity contribution in [3.8, 4) is 28.3 Å². The van der Waals surface area contributed by atoms with Gasteiger partial charge in [-0.25, -0.2) is 9.37 Å². The van der Waals surface area contributed by atoms with Crippen LogP contribution in [-0.2, 0) is 0 Å². The third kappa shape index (κ3) is 3.06. The fraction of sp³-hybridized carbons (Fsp3) is 0. The summed E-state index contributed by atoms with van der Waals surface area (Å²) in [7, 11) is 0. The predicted octanol–water partition coefficient (Wildman–Crippen LogP) is 4.54. The van der Waals surface area contributed by atoms with Crippen LogP contribution in [0.3, 0.4) is 0 Å². The second kappa shape index (κ2) is 6.02. The van der Waals surface area contributed by atoms with E-state index in [2.05, 4.69) is 9.97 Å². The van der Waals surface area contributed by atoms with Gasteiger partial charge in [0.05, 0.1) is 21.9 Å². The van der Waals surface area contributed by atoms with Crippen molar-refractivity contribution in [2.75, 3.05) is 5.73 Å². The van der Waals surface area contributed by atoms with Gasteiger partial charge >= 0.3 is 0 Å². The van der Waals surface area contributed by atoms with Crippen LogP contribution in [0.4, 0.5) is 10.2 Å². The van der Waals surface area contributed by atoms with Gasteiger partial charge in [-0.05, 0) is 36.4 Å². The van der Waals surface area contributed by atoms with E-state index >= 15 is 0 Å². The van der Waals surface area contributed by atoms with Gasteiger partial charge in [0, 0.05) is 11.1 Å². The normalized spacial score (nSPS) is 10.7. The van der Waals surface area contributed by atoms with Crippen molar-refractivity contribution in [3.63, 3.8) is 0 Å². The molecular weight excluding hydrogens is 340 g/mol. The third-order valence-electron chi connectivity index (χ3n) is 3.20. The van der Waals surface area contributed by atoms with Crippen LogP contribution in [0.5, 0.6) is 5.75 Å². The number of hydrogen-bond acceptors (Lipinski definition) is 4. The first-order chi connectivity index (χ1) is 11.0. The molecule has 3 rings (SSSR count). The molecule has 1 aromatic heterocycles. The van der Waals surface area contributed by atoms with Crippen molar-refractivity contribution in [2.24, 2.45) is 0 Å². The van der Waals surface area contributed by atoms with E-state index in [9.17, 15) is 9.50 Å². The lowest BCUT2D eigenvalue weighted by atomic mass is 10.0. The zero-order chi connectivity index (χ0) is 16.6. The van der Waals surface area contributed by atoms with Crippen LogP contribution in [0.2, 0.25) is 10.0 Å². The average molecular weight is 350 g/mol. The van der Waals surface area contributed by atoms with Gasteiger partial charge in [0.2, 0.25) is 0 Å². The molecule has 0 saturated carbocycles. The van der Waals surface area contributed by atoms with Crippen LogP contribution < -0.4 is 5.73 Å². The molecule has 0 saturated heterocycles. The lowest BCUT2D eigenvalue weighted by Crippen LogP contribution is -1.99. The molecule has 7 heteroatoms. The van der Waals surface area contributed by atoms with Gasteiger partial charge in [0.1, 0.15) is 23.1 Å². The molecule has 116 valence electrons. The summed E-state index contributed by atoms with van der Waals surface area (Å²) in [6.45, 7) is 0. The van der Waals surface area contributed by atoms with Gasteiger partial charge < -0.3 is 10.8 Å². The number of aromatic nitrogens is 2. The minimum Gasteiger partial charge on any atom is -0.506 e. The Bertz CT molecular complexity index is 902.